The first-order chi connectivity index (χ1) is 8.58. The van der Waals surface area contributed by atoms with Crippen LogP contribution >= 0.6 is 0 Å². The Hall–Kier alpha value is -1.91. The smallest absolute Gasteiger partial charge is 0.253 e. The molecule has 0 unspecified atom stereocenters. The van der Waals surface area contributed by atoms with E-state index in [4.69, 9.17) is 0 Å². The summed E-state index contributed by atoms with van der Waals surface area (Å²) in [6.07, 6.45) is 0. The minimum absolute atomic E-state index is 0.0314. The van der Waals surface area contributed by atoms with Crippen molar-refractivity contribution in [3.8, 4) is 0 Å². The van der Waals surface area contributed by atoms with E-state index < -0.39 is 0 Å². The lowest BCUT2D eigenvalue weighted by atomic mass is 10.2. The van der Waals surface area contributed by atoms with E-state index in [1.807, 2.05) is 0 Å². The maximum Gasteiger partial charge on any atom is 0.253 e. The zero-order valence-corrected chi connectivity index (χ0v) is 10.2. The SMILES string of the molecule is CC(=O)N1CCN(C(=O)c2ccc(F)cc2)CC1. The van der Waals surface area contributed by atoms with Gasteiger partial charge in [0.15, 0.2) is 0 Å². The number of carbonyl (C=O) groups excluding carboxylic acids is 2. The second-order valence-corrected chi connectivity index (χ2v) is 4.31. The standard InChI is InChI=1S/C13H15FN2O2/c1-10(17)15-6-8-16(9-7-15)13(18)11-2-4-12(14)5-3-11/h2-5H,6-9H2,1H3. The summed E-state index contributed by atoms with van der Waals surface area (Å²) in [4.78, 5) is 26.7. The van der Waals surface area contributed by atoms with E-state index in [0.717, 1.165) is 0 Å². The molecule has 1 saturated heterocycles. The number of carbonyl (C=O) groups is 2. The number of amides is 2. The van der Waals surface area contributed by atoms with Crippen molar-refractivity contribution in [2.24, 2.45) is 0 Å². The maximum atomic E-state index is 12.8. The van der Waals surface area contributed by atoms with Crippen LogP contribution in [0.5, 0.6) is 0 Å². The highest BCUT2D eigenvalue weighted by molar-refractivity contribution is 5.94. The van der Waals surface area contributed by atoms with Crippen LogP contribution in [0, 0.1) is 5.82 Å². The summed E-state index contributed by atoms with van der Waals surface area (Å²) in [7, 11) is 0. The van der Waals surface area contributed by atoms with Gasteiger partial charge in [0.2, 0.25) is 5.91 Å². The molecule has 0 atom stereocenters. The summed E-state index contributed by atoms with van der Waals surface area (Å²) in [5, 5.41) is 0. The third-order valence-corrected chi connectivity index (χ3v) is 3.10. The van der Waals surface area contributed by atoms with Gasteiger partial charge in [0.25, 0.3) is 5.91 Å². The van der Waals surface area contributed by atoms with Gasteiger partial charge in [-0.3, -0.25) is 9.59 Å². The molecule has 2 rings (SSSR count). The number of nitrogens with zero attached hydrogens (tertiary/aromatic N) is 2. The van der Waals surface area contributed by atoms with Gasteiger partial charge in [0.05, 0.1) is 0 Å². The second-order valence-electron chi connectivity index (χ2n) is 4.31. The van der Waals surface area contributed by atoms with Crippen LogP contribution in [0.2, 0.25) is 0 Å². The third-order valence-electron chi connectivity index (χ3n) is 3.10. The molecule has 1 aromatic rings. The molecule has 0 N–H and O–H groups in total. The molecule has 18 heavy (non-hydrogen) atoms. The highest BCUT2D eigenvalue weighted by Crippen LogP contribution is 2.10. The average Bonchev–Trinajstić information content (AvgIpc) is 2.39. The van der Waals surface area contributed by atoms with E-state index in [9.17, 15) is 14.0 Å². The van der Waals surface area contributed by atoms with Crippen LogP contribution in [0.1, 0.15) is 17.3 Å². The summed E-state index contributed by atoms with van der Waals surface area (Å²) < 4.78 is 12.8. The monoisotopic (exact) mass is 250 g/mol. The van der Waals surface area contributed by atoms with Crippen molar-refractivity contribution < 1.29 is 14.0 Å². The van der Waals surface area contributed by atoms with Crippen molar-refractivity contribution in [2.45, 2.75) is 6.92 Å². The number of piperazine rings is 1. The van der Waals surface area contributed by atoms with Crippen LogP contribution in [0.3, 0.4) is 0 Å². The van der Waals surface area contributed by atoms with Crippen molar-refractivity contribution in [2.75, 3.05) is 26.2 Å². The Morgan fingerprint density at radius 2 is 1.50 bits per heavy atom. The van der Waals surface area contributed by atoms with Crippen LogP contribution in [-0.2, 0) is 4.79 Å². The van der Waals surface area contributed by atoms with E-state index in [-0.39, 0.29) is 17.6 Å². The topological polar surface area (TPSA) is 40.6 Å². The first-order valence-electron chi connectivity index (χ1n) is 5.88. The van der Waals surface area contributed by atoms with Gasteiger partial charge in [0.1, 0.15) is 5.82 Å². The molecule has 2 amide bonds. The molecular formula is C13H15FN2O2. The van der Waals surface area contributed by atoms with E-state index in [2.05, 4.69) is 0 Å². The molecule has 1 fully saturated rings. The van der Waals surface area contributed by atoms with Gasteiger partial charge in [-0.05, 0) is 24.3 Å². The molecule has 1 aromatic carbocycles. The highest BCUT2D eigenvalue weighted by Gasteiger charge is 2.22. The van der Waals surface area contributed by atoms with Gasteiger partial charge in [-0.2, -0.15) is 0 Å². The number of rotatable bonds is 1. The quantitative estimate of drug-likeness (QED) is 0.749. The highest BCUT2D eigenvalue weighted by atomic mass is 19.1. The van der Waals surface area contributed by atoms with Crippen molar-refractivity contribution in [3.63, 3.8) is 0 Å². The Labute approximate surface area is 105 Å². The van der Waals surface area contributed by atoms with Crippen molar-refractivity contribution in [1.82, 2.24) is 9.80 Å². The summed E-state index contributed by atoms with van der Waals surface area (Å²) in [5.74, 6) is -0.435. The molecular weight excluding hydrogens is 235 g/mol. The largest absolute Gasteiger partial charge is 0.339 e. The summed E-state index contributed by atoms with van der Waals surface area (Å²) >= 11 is 0. The minimum Gasteiger partial charge on any atom is -0.339 e. The summed E-state index contributed by atoms with van der Waals surface area (Å²) in [6.45, 7) is 3.69. The molecule has 96 valence electrons. The molecule has 0 radical (unpaired) electrons. The Bertz CT molecular complexity index is 451. The third kappa shape index (κ3) is 2.67. The van der Waals surface area contributed by atoms with Crippen LogP contribution in [0.4, 0.5) is 4.39 Å². The molecule has 5 heteroatoms. The van der Waals surface area contributed by atoms with Gasteiger partial charge in [-0.1, -0.05) is 0 Å². The van der Waals surface area contributed by atoms with Crippen molar-refractivity contribution in [3.05, 3.63) is 35.6 Å². The molecule has 0 spiro atoms. The lowest BCUT2D eigenvalue weighted by molar-refractivity contribution is -0.130. The molecule has 0 aliphatic carbocycles. The van der Waals surface area contributed by atoms with Gasteiger partial charge in [-0.15, -0.1) is 0 Å². The first kappa shape index (κ1) is 12.5. The number of halogens is 1. The number of benzene rings is 1. The van der Waals surface area contributed by atoms with E-state index in [1.54, 1.807) is 9.80 Å². The lowest BCUT2D eigenvalue weighted by Gasteiger charge is -2.34. The molecule has 1 aliphatic rings. The zero-order valence-electron chi connectivity index (χ0n) is 10.2. The average molecular weight is 250 g/mol. The number of hydrogen-bond donors (Lipinski definition) is 0. The predicted octanol–water partition coefficient (Wildman–Crippen LogP) is 1.13. The van der Waals surface area contributed by atoms with E-state index >= 15 is 0 Å². The van der Waals surface area contributed by atoms with Crippen LogP contribution < -0.4 is 0 Å². The summed E-state index contributed by atoms with van der Waals surface area (Å²) in [6, 6.07) is 5.52. The maximum absolute atomic E-state index is 12.8. The molecule has 1 aliphatic heterocycles. The van der Waals surface area contributed by atoms with E-state index in [0.29, 0.717) is 31.7 Å². The fourth-order valence-corrected chi connectivity index (χ4v) is 2.00. The Kier molecular flexibility index (Phi) is 3.60. The van der Waals surface area contributed by atoms with E-state index in [1.165, 1.54) is 31.2 Å². The first-order valence-corrected chi connectivity index (χ1v) is 5.88. The van der Waals surface area contributed by atoms with Crippen LogP contribution in [0.25, 0.3) is 0 Å². The Morgan fingerprint density at radius 1 is 1.00 bits per heavy atom. The molecule has 0 bridgehead atoms. The zero-order chi connectivity index (χ0) is 13.1. The molecule has 4 nitrogen and oxygen atoms in total. The molecule has 0 saturated carbocycles. The minimum atomic E-state index is -0.354. The fraction of sp³-hybridized carbons (Fsp3) is 0.385. The van der Waals surface area contributed by atoms with Gasteiger partial charge in [-0.25, -0.2) is 4.39 Å². The van der Waals surface area contributed by atoms with Crippen molar-refractivity contribution >= 4 is 11.8 Å². The van der Waals surface area contributed by atoms with Crippen LogP contribution in [0.15, 0.2) is 24.3 Å². The normalized spacial score (nSPS) is 15.7. The van der Waals surface area contributed by atoms with Gasteiger partial charge in [0, 0.05) is 38.7 Å². The predicted molar refractivity (Wildman–Crippen MR) is 64.6 cm³/mol. The Balaban J connectivity index is 1.99. The second kappa shape index (κ2) is 5.16. The fourth-order valence-electron chi connectivity index (χ4n) is 2.00. The molecule has 1 heterocycles. The van der Waals surface area contributed by atoms with Gasteiger partial charge < -0.3 is 9.80 Å². The number of hydrogen-bond acceptors (Lipinski definition) is 2. The van der Waals surface area contributed by atoms with Crippen molar-refractivity contribution in [1.29, 1.82) is 0 Å². The molecule has 0 aromatic heterocycles. The van der Waals surface area contributed by atoms with Crippen LogP contribution in [-0.4, -0.2) is 47.8 Å². The Morgan fingerprint density at radius 3 is 2.00 bits per heavy atom. The van der Waals surface area contributed by atoms with Gasteiger partial charge >= 0.3 is 0 Å². The lowest BCUT2D eigenvalue weighted by Crippen LogP contribution is -2.50. The summed E-state index contributed by atoms with van der Waals surface area (Å²) in [5.41, 5.74) is 0.479.